The minimum atomic E-state index is 0.491. The standard InChI is InChI=1S/C17H24N2/c18-4-1-16-13-7-12-8-14(16)11-17(9-12,10-13)15-2-5-19-6-3-15/h2-3,5-6,12-14,16H,1,4,7-11,18H2. The molecule has 2 N–H and O–H groups in total. The normalized spacial score (nSPS) is 43.6. The molecule has 2 unspecified atom stereocenters. The van der Waals surface area contributed by atoms with Gasteiger partial charge in [0.1, 0.15) is 0 Å². The highest BCUT2D eigenvalue weighted by Gasteiger charge is 2.55. The Balaban J connectivity index is 1.67. The van der Waals surface area contributed by atoms with E-state index < -0.39 is 0 Å². The minimum Gasteiger partial charge on any atom is -0.330 e. The van der Waals surface area contributed by atoms with Crippen molar-refractivity contribution in [1.29, 1.82) is 0 Å². The zero-order valence-electron chi connectivity index (χ0n) is 11.6. The summed E-state index contributed by atoms with van der Waals surface area (Å²) in [7, 11) is 0. The fourth-order valence-electron chi connectivity index (χ4n) is 5.85. The van der Waals surface area contributed by atoms with Gasteiger partial charge >= 0.3 is 0 Å². The number of aromatic nitrogens is 1. The zero-order chi connectivity index (χ0) is 12.9. The highest BCUT2D eigenvalue weighted by atomic mass is 14.6. The van der Waals surface area contributed by atoms with E-state index in [1.165, 1.54) is 38.5 Å². The molecule has 2 nitrogen and oxygen atoms in total. The van der Waals surface area contributed by atoms with Crippen LogP contribution in [-0.4, -0.2) is 11.5 Å². The molecule has 2 atom stereocenters. The van der Waals surface area contributed by atoms with Crippen molar-refractivity contribution in [2.75, 3.05) is 6.54 Å². The minimum absolute atomic E-state index is 0.491. The second-order valence-corrected chi connectivity index (χ2v) is 7.23. The molecule has 0 radical (unpaired) electrons. The Hall–Kier alpha value is -0.890. The Morgan fingerprint density at radius 3 is 2.42 bits per heavy atom. The average molecular weight is 256 g/mol. The van der Waals surface area contributed by atoms with Gasteiger partial charge in [0.05, 0.1) is 0 Å². The zero-order valence-corrected chi connectivity index (χ0v) is 11.6. The predicted octanol–water partition coefficient (Wildman–Crippen LogP) is 3.12. The van der Waals surface area contributed by atoms with Gasteiger partial charge in [-0.1, -0.05) is 0 Å². The van der Waals surface area contributed by atoms with E-state index in [-0.39, 0.29) is 0 Å². The quantitative estimate of drug-likeness (QED) is 0.902. The molecule has 5 rings (SSSR count). The molecule has 0 aliphatic heterocycles. The highest BCUT2D eigenvalue weighted by molar-refractivity contribution is 5.27. The van der Waals surface area contributed by atoms with Crippen molar-refractivity contribution in [3.8, 4) is 0 Å². The van der Waals surface area contributed by atoms with Crippen molar-refractivity contribution < 1.29 is 0 Å². The van der Waals surface area contributed by atoms with E-state index in [2.05, 4.69) is 17.1 Å². The smallest absolute Gasteiger partial charge is 0.0270 e. The summed E-state index contributed by atoms with van der Waals surface area (Å²) in [5, 5.41) is 0. The van der Waals surface area contributed by atoms with Crippen molar-refractivity contribution in [3.05, 3.63) is 30.1 Å². The van der Waals surface area contributed by atoms with Crippen LogP contribution in [0.4, 0.5) is 0 Å². The molecule has 1 aromatic rings. The molecule has 1 heterocycles. The van der Waals surface area contributed by atoms with Crippen LogP contribution in [0.2, 0.25) is 0 Å². The van der Waals surface area contributed by atoms with Crippen LogP contribution in [0.15, 0.2) is 24.5 Å². The molecule has 0 aromatic carbocycles. The van der Waals surface area contributed by atoms with E-state index >= 15 is 0 Å². The van der Waals surface area contributed by atoms with E-state index in [9.17, 15) is 0 Å². The van der Waals surface area contributed by atoms with E-state index in [0.29, 0.717) is 5.41 Å². The summed E-state index contributed by atoms with van der Waals surface area (Å²) in [4.78, 5) is 4.20. The van der Waals surface area contributed by atoms with Crippen LogP contribution in [0.25, 0.3) is 0 Å². The lowest BCUT2D eigenvalue weighted by Gasteiger charge is -2.60. The van der Waals surface area contributed by atoms with Gasteiger partial charge in [-0.25, -0.2) is 0 Å². The molecule has 4 aliphatic carbocycles. The first kappa shape index (κ1) is 11.9. The van der Waals surface area contributed by atoms with Crippen molar-refractivity contribution in [2.45, 2.75) is 43.9 Å². The number of rotatable bonds is 3. The Morgan fingerprint density at radius 2 is 1.79 bits per heavy atom. The second kappa shape index (κ2) is 4.31. The number of nitrogens with two attached hydrogens (primary N) is 1. The summed E-state index contributed by atoms with van der Waals surface area (Å²) in [6.45, 7) is 0.880. The Kier molecular flexibility index (Phi) is 2.70. The molecule has 19 heavy (non-hydrogen) atoms. The van der Waals surface area contributed by atoms with Gasteiger partial charge in [0.15, 0.2) is 0 Å². The first-order valence-electron chi connectivity index (χ1n) is 7.91. The van der Waals surface area contributed by atoms with E-state index in [1.807, 2.05) is 12.4 Å². The monoisotopic (exact) mass is 256 g/mol. The lowest BCUT2D eigenvalue weighted by Crippen LogP contribution is -2.53. The summed E-state index contributed by atoms with van der Waals surface area (Å²) in [6.07, 6.45) is 12.4. The molecule has 4 saturated carbocycles. The van der Waals surface area contributed by atoms with Gasteiger partial charge in [0.25, 0.3) is 0 Å². The molecule has 4 bridgehead atoms. The molecule has 4 fully saturated rings. The maximum absolute atomic E-state index is 5.84. The Labute approximate surface area is 115 Å². The van der Waals surface area contributed by atoms with Crippen LogP contribution in [-0.2, 0) is 5.41 Å². The number of nitrogens with zero attached hydrogens (tertiary/aromatic N) is 1. The van der Waals surface area contributed by atoms with E-state index in [0.717, 1.165) is 30.2 Å². The van der Waals surface area contributed by atoms with Crippen LogP contribution < -0.4 is 5.73 Å². The molecule has 1 aromatic heterocycles. The largest absolute Gasteiger partial charge is 0.330 e. The van der Waals surface area contributed by atoms with Gasteiger partial charge in [-0.3, -0.25) is 4.98 Å². The summed E-state index contributed by atoms with van der Waals surface area (Å²) < 4.78 is 0. The lowest BCUT2D eigenvalue weighted by molar-refractivity contribution is -0.0581. The first-order chi connectivity index (χ1) is 9.31. The summed E-state index contributed by atoms with van der Waals surface area (Å²) in [5.41, 5.74) is 7.90. The summed E-state index contributed by atoms with van der Waals surface area (Å²) in [5.74, 6) is 3.81. The van der Waals surface area contributed by atoms with Gasteiger partial charge in [-0.15, -0.1) is 0 Å². The van der Waals surface area contributed by atoms with E-state index in [4.69, 9.17) is 5.73 Å². The van der Waals surface area contributed by atoms with E-state index in [1.54, 1.807) is 5.56 Å². The topological polar surface area (TPSA) is 38.9 Å². The molecule has 0 spiro atoms. The predicted molar refractivity (Wildman–Crippen MR) is 76.6 cm³/mol. The highest BCUT2D eigenvalue weighted by Crippen LogP contribution is 2.63. The molecule has 0 saturated heterocycles. The SMILES string of the molecule is NCCC1C2CC3CC1CC(c1ccncc1)(C3)C2. The summed E-state index contributed by atoms with van der Waals surface area (Å²) >= 11 is 0. The van der Waals surface area contributed by atoms with Gasteiger partial charge in [-0.05, 0) is 91.9 Å². The van der Waals surface area contributed by atoms with Crippen molar-refractivity contribution in [2.24, 2.45) is 29.4 Å². The average Bonchev–Trinajstić information content (AvgIpc) is 2.43. The Morgan fingerprint density at radius 1 is 1.11 bits per heavy atom. The molecule has 4 aliphatic rings. The van der Waals surface area contributed by atoms with Crippen LogP contribution in [0.5, 0.6) is 0 Å². The van der Waals surface area contributed by atoms with Gasteiger partial charge in [0.2, 0.25) is 0 Å². The Bertz CT molecular complexity index is 440. The first-order valence-corrected chi connectivity index (χ1v) is 7.91. The third-order valence-electron chi connectivity index (χ3n) is 6.26. The maximum Gasteiger partial charge on any atom is 0.0270 e. The van der Waals surface area contributed by atoms with Crippen LogP contribution in [0.1, 0.15) is 44.1 Å². The van der Waals surface area contributed by atoms with Crippen molar-refractivity contribution in [3.63, 3.8) is 0 Å². The lowest BCUT2D eigenvalue weighted by atomic mass is 9.44. The number of hydrogen-bond donors (Lipinski definition) is 1. The summed E-state index contributed by atoms with van der Waals surface area (Å²) in [6, 6.07) is 4.54. The molecular weight excluding hydrogens is 232 g/mol. The van der Waals surface area contributed by atoms with Crippen molar-refractivity contribution >= 4 is 0 Å². The van der Waals surface area contributed by atoms with Crippen LogP contribution >= 0.6 is 0 Å². The third kappa shape index (κ3) is 1.76. The number of hydrogen-bond acceptors (Lipinski definition) is 2. The van der Waals surface area contributed by atoms with Crippen molar-refractivity contribution in [1.82, 2.24) is 4.98 Å². The molecule has 0 amide bonds. The molecule has 2 heteroatoms. The van der Waals surface area contributed by atoms with Crippen LogP contribution in [0.3, 0.4) is 0 Å². The number of pyridine rings is 1. The fourth-order valence-corrected chi connectivity index (χ4v) is 5.85. The van der Waals surface area contributed by atoms with Gasteiger partial charge in [-0.2, -0.15) is 0 Å². The van der Waals surface area contributed by atoms with Gasteiger partial charge < -0.3 is 5.73 Å². The maximum atomic E-state index is 5.84. The fraction of sp³-hybridized carbons (Fsp3) is 0.706. The second-order valence-electron chi connectivity index (χ2n) is 7.23. The third-order valence-corrected chi connectivity index (χ3v) is 6.26. The van der Waals surface area contributed by atoms with Crippen LogP contribution in [0, 0.1) is 23.7 Å². The molecular formula is C17H24N2. The van der Waals surface area contributed by atoms with Gasteiger partial charge in [0, 0.05) is 12.4 Å². The molecule has 102 valence electrons.